The number of aromatic nitrogens is 1. The third-order valence-corrected chi connectivity index (χ3v) is 8.51. The largest absolute Gasteiger partial charge is 0.322 e. The second-order valence-corrected chi connectivity index (χ2v) is 11.4. The fraction of sp³-hybridized carbons (Fsp3) is 0.222. The number of thioether (sulfide) groups is 1. The first kappa shape index (κ1) is 24.6. The molecule has 9 heteroatoms. The molecule has 0 saturated carbocycles. The zero-order valence-electron chi connectivity index (χ0n) is 19.7. The van der Waals surface area contributed by atoms with Crippen molar-refractivity contribution >= 4 is 62.4 Å². The van der Waals surface area contributed by atoms with Crippen molar-refractivity contribution < 1.29 is 9.59 Å². The molecule has 0 aliphatic carbocycles. The molecule has 1 aliphatic rings. The number of carbonyl (C=O) groups is 2. The minimum absolute atomic E-state index is 0.00700. The number of halogens is 1. The van der Waals surface area contributed by atoms with E-state index in [-0.39, 0.29) is 28.1 Å². The average Bonchev–Trinajstić information content (AvgIpc) is 3.38. The standard InChI is InChI=1S/C27H24ClN3O3S2/c1-16(2)31-22-12-11-21(13-23(22)36-27(31)34)29-25(33)18-5-7-19(8-6-18)26-30(24(32)15-35-26)14-17-3-9-20(28)10-4-17/h3-13,16,26H,14-15H2,1-2H3,(H,29,33)/t26-/m1/s1. The van der Waals surface area contributed by atoms with Crippen LogP contribution in [-0.4, -0.2) is 27.0 Å². The Hall–Kier alpha value is -3.07. The van der Waals surface area contributed by atoms with Gasteiger partial charge >= 0.3 is 4.87 Å². The van der Waals surface area contributed by atoms with Crippen LogP contribution in [0.1, 0.15) is 46.7 Å². The van der Waals surface area contributed by atoms with Crippen molar-refractivity contribution in [1.29, 1.82) is 0 Å². The van der Waals surface area contributed by atoms with Crippen molar-refractivity contribution in [2.24, 2.45) is 0 Å². The number of hydrogen-bond donors (Lipinski definition) is 1. The monoisotopic (exact) mass is 537 g/mol. The van der Waals surface area contributed by atoms with Gasteiger partial charge in [0.1, 0.15) is 5.37 Å². The first-order valence-electron chi connectivity index (χ1n) is 11.5. The highest BCUT2D eigenvalue weighted by Crippen LogP contribution is 2.39. The molecule has 1 atom stereocenters. The normalized spacial score (nSPS) is 15.7. The van der Waals surface area contributed by atoms with Crippen molar-refractivity contribution in [3.05, 3.63) is 98.1 Å². The van der Waals surface area contributed by atoms with Gasteiger partial charge in [0.15, 0.2) is 0 Å². The Morgan fingerprint density at radius 3 is 2.47 bits per heavy atom. The van der Waals surface area contributed by atoms with Crippen molar-refractivity contribution in [2.75, 3.05) is 11.1 Å². The van der Waals surface area contributed by atoms with Gasteiger partial charge in [-0.25, -0.2) is 0 Å². The molecule has 184 valence electrons. The predicted octanol–water partition coefficient (Wildman–Crippen LogP) is 6.32. The summed E-state index contributed by atoms with van der Waals surface area (Å²) in [6, 6.07) is 20.5. The van der Waals surface area contributed by atoms with Crippen LogP contribution in [0, 0.1) is 0 Å². The van der Waals surface area contributed by atoms with Crippen LogP contribution in [0.4, 0.5) is 5.69 Å². The van der Waals surface area contributed by atoms with Crippen molar-refractivity contribution in [1.82, 2.24) is 9.47 Å². The van der Waals surface area contributed by atoms with Gasteiger partial charge in [-0.1, -0.05) is 47.2 Å². The zero-order valence-corrected chi connectivity index (χ0v) is 22.1. The van der Waals surface area contributed by atoms with Gasteiger partial charge in [0, 0.05) is 28.9 Å². The van der Waals surface area contributed by atoms with Crippen LogP contribution in [0.15, 0.2) is 71.5 Å². The molecule has 1 aliphatic heterocycles. The number of amides is 2. The molecule has 0 unspecified atom stereocenters. The number of hydrogen-bond acceptors (Lipinski definition) is 5. The van der Waals surface area contributed by atoms with E-state index < -0.39 is 0 Å². The summed E-state index contributed by atoms with van der Waals surface area (Å²) in [6.45, 7) is 4.45. The van der Waals surface area contributed by atoms with Gasteiger partial charge in [-0.3, -0.25) is 19.0 Å². The fourth-order valence-electron chi connectivity index (χ4n) is 4.29. The Morgan fingerprint density at radius 1 is 1.06 bits per heavy atom. The average molecular weight is 538 g/mol. The third kappa shape index (κ3) is 4.93. The van der Waals surface area contributed by atoms with Crippen LogP contribution in [0.2, 0.25) is 5.02 Å². The molecule has 1 fully saturated rings. The van der Waals surface area contributed by atoms with E-state index in [9.17, 15) is 14.4 Å². The first-order chi connectivity index (χ1) is 17.3. The SMILES string of the molecule is CC(C)n1c(=O)sc2cc(NC(=O)c3ccc([C@H]4SCC(=O)N4Cc4ccc(Cl)cc4)cc3)ccc21. The molecule has 0 spiro atoms. The minimum atomic E-state index is -0.232. The van der Waals surface area contributed by atoms with E-state index in [1.807, 2.05) is 73.3 Å². The summed E-state index contributed by atoms with van der Waals surface area (Å²) in [6.07, 6.45) is 0. The maximum atomic E-state index is 12.9. The molecule has 6 nitrogen and oxygen atoms in total. The Balaban J connectivity index is 1.30. The van der Waals surface area contributed by atoms with E-state index in [0.29, 0.717) is 28.6 Å². The molecule has 1 aromatic heterocycles. The number of anilines is 1. The maximum Gasteiger partial charge on any atom is 0.308 e. The lowest BCUT2D eigenvalue weighted by molar-refractivity contribution is -0.128. The van der Waals surface area contributed by atoms with E-state index in [0.717, 1.165) is 21.3 Å². The second-order valence-electron chi connectivity index (χ2n) is 8.90. The first-order valence-corrected chi connectivity index (χ1v) is 13.8. The van der Waals surface area contributed by atoms with E-state index in [1.54, 1.807) is 28.5 Å². The van der Waals surface area contributed by atoms with Crippen molar-refractivity contribution in [3.63, 3.8) is 0 Å². The Bertz CT molecular complexity index is 1490. The summed E-state index contributed by atoms with van der Waals surface area (Å²) in [5.74, 6) is 0.281. The van der Waals surface area contributed by atoms with Gasteiger partial charge in [0.05, 0.1) is 16.0 Å². The zero-order chi connectivity index (χ0) is 25.4. The Morgan fingerprint density at radius 2 is 1.78 bits per heavy atom. The Kier molecular flexibility index (Phi) is 6.92. The molecule has 4 aromatic rings. The van der Waals surface area contributed by atoms with Gasteiger partial charge in [-0.05, 0) is 67.4 Å². The minimum Gasteiger partial charge on any atom is -0.322 e. The van der Waals surface area contributed by atoms with Gasteiger partial charge in [-0.2, -0.15) is 0 Å². The van der Waals surface area contributed by atoms with E-state index in [1.165, 1.54) is 11.3 Å². The van der Waals surface area contributed by atoms with E-state index in [4.69, 9.17) is 11.6 Å². The number of fused-ring (bicyclic) bond motifs is 1. The van der Waals surface area contributed by atoms with Crippen LogP contribution >= 0.6 is 34.7 Å². The summed E-state index contributed by atoms with van der Waals surface area (Å²) in [4.78, 5) is 39.6. The molecule has 0 bridgehead atoms. The van der Waals surface area contributed by atoms with Gasteiger partial charge < -0.3 is 10.2 Å². The van der Waals surface area contributed by atoms with Crippen LogP contribution in [0.25, 0.3) is 10.2 Å². The lowest BCUT2D eigenvalue weighted by Crippen LogP contribution is -2.27. The third-order valence-electron chi connectivity index (χ3n) is 6.08. The summed E-state index contributed by atoms with van der Waals surface area (Å²) in [7, 11) is 0. The highest BCUT2D eigenvalue weighted by Gasteiger charge is 2.32. The van der Waals surface area contributed by atoms with Crippen molar-refractivity contribution in [2.45, 2.75) is 31.8 Å². The number of nitrogens with one attached hydrogen (secondary N) is 1. The van der Waals surface area contributed by atoms with Gasteiger partial charge in [0.2, 0.25) is 5.91 Å². The number of nitrogens with zero attached hydrogens (tertiary/aromatic N) is 2. The second kappa shape index (κ2) is 10.1. The predicted molar refractivity (Wildman–Crippen MR) is 148 cm³/mol. The smallest absolute Gasteiger partial charge is 0.308 e. The molecule has 0 radical (unpaired) electrons. The molecule has 3 aromatic carbocycles. The topological polar surface area (TPSA) is 71.4 Å². The van der Waals surface area contributed by atoms with Crippen molar-refractivity contribution in [3.8, 4) is 0 Å². The number of thiazole rings is 1. The van der Waals surface area contributed by atoms with Gasteiger partial charge in [-0.15, -0.1) is 11.8 Å². The molecule has 1 N–H and O–H groups in total. The van der Waals surface area contributed by atoms with E-state index >= 15 is 0 Å². The van der Waals surface area contributed by atoms with Gasteiger partial charge in [0.25, 0.3) is 5.91 Å². The number of carbonyl (C=O) groups excluding carboxylic acids is 2. The van der Waals surface area contributed by atoms with Crippen LogP contribution < -0.4 is 10.2 Å². The molecule has 36 heavy (non-hydrogen) atoms. The molecule has 2 heterocycles. The maximum absolute atomic E-state index is 12.9. The highest BCUT2D eigenvalue weighted by atomic mass is 35.5. The molecule has 5 rings (SSSR count). The highest BCUT2D eigenvalue weighted by molar-refractivity contribution is 8.00. The summed E-state index contributed by atoms with van der Waals surface area (Å²) in [5, 5.41) is 3.48. The summed E-state index contributed by atoms with van der Waals surface area (Å²) >= 11 is 8.74. The molecular weight excluding hydrogens is 514 g/mol. The number of benzene rings is 3. The fourth-order valence-corrected chi connectivity index (χ4v) is 6.66. The quantitative estimate of drug-likeness (QED) is 0.312. The van der Waals surface area contributed by atoms with Crippen LogP contribution in [0.5, 0.6) is 0 Å². The van der Waals surface area contributed by atoms with Crippen LogP contribution in [-0.2, 0) is 11.3 Å². The summed E-state index contributed by atoms with van der Waals surface area (Å²) in [5.41, 5.74) is 4.01. The molecule has 1 saturated heterocycles. The van der Waals surface area contributed by atoms with E-state index in [2.05, 4.69) is 5.32 Å². The number of rotatable bonds is 6. The Labute approximate surface area is 221 Å². The summed E-state index contributed by atoms with van der Waals surface area (Å²) < 4.78 is 2.59. The van der Waals surface area contributed by atoms with Crippen LogP contribution in [0.3, 0.4) is 0 Å². The molecular formula is C27H24ClN3O3S2. The lowest BCUT2D eigenvalue weighted by Gasteiger charge is -2.24. The lowest BCUT2D eigenvalue weighted by atomic mass is 10.1. The molecule has 2 amide bonds.